The van der Waals surface area contributed by atoms with Gasteiger partial charge in [0.05, 0.1) is 0 Å². The van der Waals surface area contributed by atoms with Crippen molar-refractivity contribution in [3.05, 3.63) is 0 Å². The average Bonchev–Trinajstić information content (AvgIpc) is 2.30. The highest BCUT2D eigenvalue weighted by Gasteiger charge is 2.33. The van der Waals surface area contributed by atoms with Crippen LogP contribution in [0.1, 0.15) is 33.1 Å². The van der Waals surface area contributed by atoms with E-state index in [1.807, 2.05) is 0 Å². The van der Waals surface area contributed by atoms with Crippen molar-refractivity contribution in [2.75, 3.05) is 6.54 Å². The van der Waals surface area contributed by atoms with E-state index in [2.05, 4.69) is 64.6 Å². The van der Waals surface area contributed by atoms with E-state index in [0.717, 1.165) is 13.0 Å². The highest BCUT2D eigenvalue weighted by atomic mass is 127. The van der Waals surface area contributed by atoms with Crippen LogP contribution in [0.5, 0.6) is 0 Å². The third-order valence-corrected chi connectivity index (χ3v) is 4.64. The fourth-order valence-corrected chi connectivity index (χ4v) is 4.55. The van der Waals surface area contributed by atoms with Gasteiger partial charge in [0, 0.05) is 27.8 Å². The van der Waals surface area contributed by atoms with E-state index < -0.39 is 0 Å². The lowest BCUT2D eigenvalue weighted by Crippen LogP contribution is -2.25. The highest BCUT2D eigenvalue weighted by Crippen LogP contribution is 2.42. The smallest absolute Gasteiger partial charge is 0.118 e. The lowest BCUT2D eigenvalue weighted by Gasteiger charge is -2.25. The Morgan fingerprint density at radius 2 is 2.00 bits per heavy atom. The summed E-state index contributed by atoms with van der Waals surface area (Å²) >= 11 is 11.0. The molecule has 1 heterocycles. The van der Waals surface area contributed by atoms with Crippen LogP contribution in [0.4, 0.5) is 0 Å². The van der Waals surface area contributed by atoms with Gasteiger partial charge in [0.1, 0.15) is 4.20 Å². The maximum absolute atomic E-state index is 4.39. The number of rotatable bonds is 1. The second-order valence-electron chi connectivity index (χ2n) is 2.76. The van der Waals surface area contributed by atoms with Crippen molar-refractivity contribution in [2.24, 2.45) is 0 Å². The molecular weight excluding hydrogens is 321 g/mol. The summed E-state index contributed by atoms with van der Waals surface area (Å²) in [5.41, 5.74) is 0. The van der Waals surface area contributed by atoms with Gasteiger partial charge in [-0.15, -0.1) is 25.3 Å². The zero-order valence-corrected chi connectivity index (χ0v) is 12.2. The molecule has 1 fully saturated rings. The largest absolute Gasteiger partial charge is 0.217 e. The summed E-state index contributed by atoms with van der Waals surface area (Å²) in [5, 5.41) is 0. The van der Waals surface area contributed by atoms with Gasteiger partial charge in [0.15, 0.2) is 0 Å². The van der Waals surface area contributed by atoms with Crippen molar-refractivity contribution >= 4 is 55.6 Å². The van der Waals surface area contributed by atoms with E-state index >= 15 is 0 Å². The quantitative estimate of drug-likeness (QED) is 0.322. The first-order valence-electron chi connectivity index (χ1n) is 4.09. The molecule has 0 unspecified atom stereocenters. The van der Waals surface area contributed by atoms with Crippen LogP contribution in [0.25, 0.3) is 0 Å². The van der Waals surface area contributed by atoms with Crippen molar-refractivity contribution in [1.29, 1.82) is 0 Å². The predicted molar refractivity (Wildman–Crippen MR) is 74.2 cm³/mol. The van der Waals surface area contributed by atoms with E-state index in [9.17, 15) is 0 Å². The molecular formula is C7H16INS3. The first kappa shape index (κ1) is 13.7. The molecule has 0 aromatic rings. The van der Waals surface area contributed by atoms with Crippen molar-refractivity contribution in [3.8, 4) is 0 Å². The summed E-state index contributed by atoms with van der Waals surface area (Å²) < 4.78 is 2.02. The van der Waals surface area contributed by atoms with Crippen LogP contribution in [-0.2, 0) is 0 Å². The minimum Gasteiger partial charge on any atom is -0.217 e. The Bertz CT molecular complexity index is 121. The summed E-state index contributed by atoms with van der Waals surface area (Å²) in [6, 6.07) is 0. The summed E-state index contributed by atoms with van der Waals surface area (Å²) in [6.07, 6.45) is 3.54. The van der Waals surface area contributed by atoms with Crippen LogP contribution < -0.4 is 0 Å². The molecule has 0 bridgehead atoms. The molecule has 1 nitrogen and oxygen atoms in total. The summed E-state index contributed by atoms with van der Waals surface area (Å²) in [4.78, 5) is 0. The van der Waals surface area contributed by atoms with Crippen molar-refractivity contribution in [2.45, 2.75) is 37.3 Å². The second kappa shape index (κ2) is 7.09. The monoisotopic (exact) mass is 337 g/mol. The third kappa shape index (κ3) is 4.83. The molecule has 1 aliphatic rings. The van der Waals surface area contributed by atoms with Crippen LogP contribution in [0, 0.1) is 0 Å². The summed E-state index contributed by atoms with van der Waals surface area (Å²) in [5.74, 6) is 0. The Morgan fingerprint density at radius 1 is 1.50 bits per heavy atom. The number of thiol groups is 2. The maximum atomic E-state index is 4.39. The summed E-state index contributed by atoms with van der Waals surface area (Å²) in [7, 11) is 1.69. The fraction of sp³-hybridized carbons (Fsp3) is 1.00. The average molecular weight is 337 g/mol. The Balaban J connectivity index is 0.000000354. The molecule has 1 rings (SSSR count). The van der Waals surface area contributed by atoms with E-state index in [1.54, 1.807) is 9.12 Å². The first-order valence-corrected chi connectivity index (χ1v) is 8.30. The molecule has 74 valence electrons. The molecule has 0 spiro atoms. The molecule has 5 heteroatoms. The fourth-order valence-electron chi connectivity index (χ4n) is 0.853. The van der Waals surface area contributed by atoms with Gasteiger partial charge in [-0.1, -0.05) is 20.3 Å². The van der Waals surface area contributed by atoms with E-state index in [-0.39, 0.29) is 4.20 Å². The van der Waals surface area contributed by atoms with Crippen LogP contribution in [-0.4, -0.2) is 15.1 Å². The van der Waals surface area contributed by atoms with Gasteiger partial charge in [0.2, 0.25) is 0 Å². The number of nitrogens with zero attached hydrogens (tertiary/aromatic N) is 1. The molecule has 0 aromatic carbocycles. The molecule has 0 aromatic heterocycles. The number of halogens is 1. The van der Waals surface area contributed by atoms with Crippen LogP contribution in [0.2, 0.25) is 0 Å². The minimum atomic E-state index is -0.161. The van der Waals surface area contributed by atoms with Crippen molar-refractivity contribution in [3.63, 3.8) is 0 Å². The molecule has 0 amide bonds. The highest BCUT2D eigenvalue weighted by molar-refractivity contribution is 14.2. The Labute approximate surface area is 103 Å². The lowest BCUT2D eigenvalue weighted by atomic mass is 10.4. The minimum absolute atomic E-state index is 0.161. The zero-order chi connectivity index (χ0) is 9.61. The Morgan fingerprint density at radius 3 is 2.17 bits per heavy atom. The van der Waals surface area contributed by atoms with Gasteiger partial charge in [-0.25, -0.2) is 4.31 Å². The lowest BCUT2D eigenvalue weighted by molar-refractivity contribution is 0.529. The number of hydrogen-bond donors (Lipinski definition) is 2. The number of hydrogen-bond acceptors (Lipinski definition) is 4. The van der Waals surface area contributed by atoms with Gasteiger partial charge < -0.3 is 0 Å². The molecule has 1 aliphatic heterocycles. The predicted octanol–water partition coefficient (Wildman–Crippen LogP) is 4.01. The van der Waals surface area contributed by atoms with Crippen LogP contribution in [0.15, 0.2) is 0 Å². The van der Waals surface area contributed by atoms with Gasteiger partial charge in [-0.3, -0.25) is 0 Å². The third-order valence-electron chi connectivity index (χ3n) is 1.36. The first-order chi connectivity index (χ1) is 5.58. The van der Waals surface area contributed by atoms with Crippen LogP contribution >= 0.6 is 55.6 Å². The van der Waals surface area contributed by atoms with Crippen molar-refractivity contribution < 1.29 is 0 Å². The molecule has 0 atom stereocenters. The van der Waals surface area contributed by atoms with E-state index in [1.165, 1.54) is 12.8 Å². The molecule has 0 radical (unpaired) electrons. The molecule has 1 saturated heterocycles. The summed E-state index contributed by atoms with van der Waals surface area (Å²) in [6.45, 7) is 5.36. The Kier molecular flexibility index (Phi) is 8.12. The molecule has 12 heavy (non-hydrogen) atoms. The van der Waals surface area contributed by atoms with Gasteiger partial charge in [-0.2, -0.15) is 0 Å². The topological polar surface area (TPSA) is 3.24 Å². The molecule has 0 saturated carbocycles. The second-order valence-corrected chi connectivity index (χ2v) is 6.35. The normalized spacial score (nSPS) is 21.8. The SMILES string of the molecule is CCC.SC1(S)CCCN1SI. The van der Waals surface area contributed by atoms with Gasteiger partial charge >= 0.3 is 0 Å². The Hall–Kier alpha value is 1.74. The molecule has 0 aliphatic carbocycles. The van der Waals surface area contributed by atoms with Crippen LogP contribution in [0.3, 0.4) is 0 Å². The molecule has 0 N–H and O–H groups in total. The van der Waals surface area contributed by atoms with Crippen molar-refractivity contribution in [1.82, 2.24) is 4.31 Å². The van der Waals surface area contributed by atoms with E-state index in [0.29, 0.717) is 0 Å². The maximum Gasteiger partial charge on any atom is 0.118 e. The van der Waals surface area contributed by atoms with Gasteiger partial charge in [-0.05, 0) is 22.0 Å². The van der Waals surface area contributed by atoms with E-state index in [4.69, 9.17) is 0 Å². The van der Waals surface area contributed by atoms with Gasteiger partial charge in [0.25, 0.3) is 0 Å². The standard InChI is InChI=1S/C4H8INS3.C3H8/c5-9-6-3-1-2-4(6,7)8;1-3-2/h7-8H,1-3H2;3H2,1-2H3. The zero-order valence-electron chi connectivity index (χ0n) is 7.46.